The fourth-order valence-corrected chi connectivity index (χ4v) is 12.3. The van der Waals surface area contributed by atoms with E-state index in [9.17, 15) is 0 Å². The molecule has 54 heavy (non-hydrogen) atoms. The summed E-state index contributed by atoms with van der Waals surface area (Å²) < 4.78 is 12.9. The van der Waals surface area contributed by atoms with Crippen molar-refractivity contribution in [1.82, 2.24) is 0 Å². The Morgan fingerprint density at radius 1 is 0.722 bits per heavy atom. The number of benzene rings is 5. The standard InChI is InChI=1S/C52H50O2/c1-5-6-18-36(33(2)3)39-20-11-12-23-42(39)50-51-29-15-7-8-17-34-30-52(50,43-25-14-13-22-41(43)40-21-10-9-19-37(34)40)32-35(31-51)38-24-16-26-45-47(38)48-44(51)27-28-46(53-4)49(48)54-45/h5-6,9-14,16,18-28,34-35,50H,2,7-8,15,17,29-32H2,1,3-4H3/b6-5-,36-18+. The van der Waals surface area contributed by atoms with Crippen molar-refractivity contribution in [2.24, 2.45) is 0 Å². The van der Waals surface area contributed by atoms with Crippen molar-refractivity contribution in [3.8, 4) is 16.9 Å². The van der Waals surface area contributed by atoms with Crippen LogP contribution in [0.25, 0.3) is 38.6 Å². The number of rotatable bonds is 5. The zero-order valence-corrected chi connectivity index (χ0v) is 32.0. The van der Waals surface area contributed by atoms with Crippen LogP contribution in [0.1, 0.15) is 116 Å². The van der Waals surface area contributed by atoms with Crippen molar-refractivity contribution >= 4 is 27.5 Å². The topological polar surface area (TPSA) is 22.4 Å². The lowest BCUT2D eigenvalue weighted by atomic mass is 9.43. The molecule has 2 nitrogen and oxygen atoms in total. The van der Waals surface area contributed by atoms with Gasteiger partial charge in [-0.2, -0.15) is 0 Å². The Balaban J connectivity index is 1.40. The molecule has 0 aliphatic heterocycles. The molecule has 4 aliphatic rings. The number of fused-ring (bicyclic) bond motifs is 7. The van der Waals surface area contributed by atoms with E-state index in [1.807, 2.05) is 0 Å². The van der Waals surface area contributed by atoms with Gasteiger partial charge in [-0.05, 0) is 120 Å². The van der Waals surface area contributed by atoms with Gasteiger partial charge in [-0.25, -0.2) is 0 Å². The maximum Gasteiger partial charge on any atom is 0.177 e. The summed E-state index contributed by atoms with van der Waals surface area (Å²) in [5.41, 5.74) is 15.5. The van der Waals surface area contributed by atoms with Gasteiger partial charge in [0.2, 0.25) is 0 Å². The van der Waals surface area contributed by atoms with E-state index in [0.29, 0.717) is 11.8 Å². The van der Waals surface area contributed by atoms with Gasteiger partial charge in [0, 0.05) is 27.5 Å². The highest BCUT2D eigenvalue weighted by molar-refractivity contribution is 6.11. The molecule has 6 aromatic rings. The molecule has 0 radical (unpaired) electrons. The zero-order chi connectivity index (χ0) is 36.6. The van der Waals surface area contributed by atoms with Crippen LogP contribution in [0, 0.1) is 0 Å². The summed E-state index contributed by atoms with van der Waals surface area (Å²) in [4.78, 5) is 0. The van der Waals surface area contributed by atoms with Gasteiger partial charge in [0.1, 0.15) is 5.58 Å². The first kappa shape index (κ1) is 33.5. The fourth-order valence-electron chi connectivity index (χ4n) is 12.3. The lowest BCUT2D eigenvalue weighted by Crippen LogP contribution is -2.53. The number of ether oxygens (including phenoxy) is 1. The van der Waals surface area contributed by atoms with Crippen LogP contribution < -0.4 is 4.74 Å². The third-order valence-electron chi connectivity index (χ3n) is 14.1. The van der Waals surface area contributed by atoms with E-state index in [0.717, 1.165) is 48.2 Å². The Morgan fingerprint density at radius 2 is 1.46 bits per heavy atom. The second-order valence-corrected chi connectivity index (χ2v) is 16.8. The molecule has 2 fully saturated rings. The molecule has 5 atom stereocenters. The first-order chi connectivity index (χ1) is 26.5. The average molecular weight is 707 g/mol. The number of hydrogen-bond acceptors (Lipinski definition) is 2. The number of allylic oxidation sites excluding steroid dienone is 5. The van der Waals surface area contributed by atoms with Crippen LogP contribution in [0.3, 0.4) is 0 Å². The minimum Gasteiger partial charge on any atom is -0.493 e. The molecular weight excluding hydrogens is 657 g/mol. The van der Waals surface area contributed by atoms with Crippen molar-refractivity contribution in [3.63, 3.8) is 0 Å². The largest absolute Gasteiger partial charge is 0.493 e. The van der Waals surface area contributed by atoms with Crippen LogP contribution >= 0.6 is 0 Å². The summed E-state index contributed by atoms with van der Waals surface area (Å²) in [7, 11) is 1.78. The Bertz CT molecular complexity index is 2530. The third-order valence-corrected chi connectivity index (χ3v) is 14.1. The highest BCUT2D eigenvalue weighted by Crippen LogP contribution is 2.71. The van der Waals surface area contributed by atoms with Crippen molar-refractivity contribution < 1.29 is 9.15 Å². The highest BCUT2D eigenvalue weighted by Gasteiger charge is 2.61. The predicted octanol–water partition coefficient (Wildman–Crippen LogP) is 14.1. The first-order valence-corrected chi connectivity index (χ1v) is 20.3. The van der Waals surface area contributed by atoms with E-state index in [2.05, 4.69) is 142 Å². The molecule has 2 heteroatoms. The van der Waals surface area contributed by atoms with Crippen LogP contribution in [0.2, 0.25) is 0 Å². The van der Waals surface area contributed by atoms with Crippen molar-refractivity contribution in [1.29, 1.82) is 0 Å². The van der Waals surface area contributed by atoms with Crippen molar-refractivity contribution in [3.05, 3.63) is 167 Å². The van der Waals surface area contributed by atoms with E-state index >= 15 is 0 Å². The van der Waals surface area contributed by atoms with E-state index in [-0.39, 0.29) is 16.7 Å². The molecular formula is C52H50O2. The highest BCUT2D eigenvalue weighted by atomic mass is 16.5. The second kappa shape index (κ2) is 12.8. The van der Waals surface area contributed by atoms with Gasteiger partial charge in [-0.3, -0.25) is 0 Å². The van der Waals surface area contributed by atoms with Crippen LogP contribution in [-0.4, -0.2) is 7.11 Å². The van der Waals surface area contributed by atoms with Crippen LogP contribution in [0.5, 0.6) is 5.75 Å². The number of hydrogen-bond donors (Lipinski definition) is 0. The summed E-state index contributed by atoms with van der Waals surface area (Å²) in [6, 6.07) is 40.0. The van der Waals surface area contributed by atoms with Crippen molar-refractivity contribution in [2.75, 3.05) is 7.11 Å². The van der Waals surface area contributed by atoms with E-state index < -0.39 is 0 Å². The molecule has 5 aromatic carbocycles. The zero-order valence-electron chi connectivity index (χ0n) is 32.0. The summed E-state index contributed by atoms with van der Waals surface area (Å²) in [6.45, 7) is 8.87. The second-order valence-electron chi connectivity index (χ2n) is 16.8. The molecule has 5 unspecified atom stereocenters. The lowest BCUT2D eigenvalue weighted by Gasteiger charge is -2.59. The van der Waals surface area contributed by atoms with Crippen molar-refractivity contribution in [2.45, 2.75) is 93.8 Å². The van der Waals surface area contributed by atoms with E-state index in [1.54, 1.807) is 7.11 Å². The van der Waals surface area contributed by atoms with Gasteiger partial charge in [0.05, 0.1) is 7.11 Å². The van der Waals surface area contributed by atoms with E-state index in [4.69, 9.17) is 9.15 Å². The molecule has 10 rings (SSSR count). The lowest BCUT2D eigenvalue weighted by molar-refractivity contribution is 0.0931. The molecule has 270 valence electrons. The Morgan fingerprint density at radius 3 is 2.30 bits per heavy atom. The smallest absolute Gasteiger partial charge is 0.177 e. The minimum atomic E-state index is -0.175. The average Bonchev–Trinajstić information content (AvgIpc) is 3.51. The van der Waals surface area contributed by atoms with Crippen LogP contribution in [0.15, 0.2) is 138 Å². The van der Waals surface area contributed by atoms with Crippen LogP contribution in [0.4, 0.5) is 0 Å². The Kier molecular flexibility index (Phi) is 7.91. The molecule has 0 N–H and O–H groups in total. The Hall–Kier alpha value is -5.08. The van der Waals surface area contributed by atoms with Gasteiger partial charge in [-0.1, -0.05) is 141 Å². The number of furan rings is 1. The van der Waals surface area contributed by atoms with E-state index in [1.165, 1.54) is 86.5 Å². The minimum absolute atomic E-state index is 0.160. The first-order valence-electron chi connectivity index (χ1n) is 20.3. The quantitative estimate of drug-likeness (QED) is 0.167. The normalized spacial score (nSPS) is 25.9. The molecule has 2 spiro atoms. The van der Waals surface area contributed by atoms with Crippen LogP contribution in [-0.2, 0) is 10.8 Å². The SMILES string of the molecule is C=C(C)/C(=C\C=C/C)c1ccccc1C1C23CC(CCCCCC14CC(C2)c1cccc2oc5c(OC)ccc4c5c12)c1ccccc1-c1ccccc13. The predicted molar refractivity (Wildman–Crippen MR) is 225 cm³/mol. The van der Waals surface area contributed by atoms with Gasteiger partial charge in [0.25, 0.3) is 0 Å². The summed E-state index contributed by atoms with van der Waals surface area (Å²) >= 11 is 0. The van der Waals surface area contributed by atoms with Gasteiger partial charge >= 0.3 is 0 Å². The maximum absolute atomic E-state index is 6.86. The molecule has 0 saturated heterocycles. The summed E-state index contributed by atoms with van der Waals surface area (Å²) in [5, 5.41) is 2.59. The Labute approximate surface area is 320 Å². The summed E-state index contributed by atoms with van der Waals surface area (Å²) in [5.74, 6) is 1.85. The summed E-state index contributed by atoms with van der Waals surface area (Å²) in [6.07, 6.45) is 16.0. The molecule has 1 aromatic heterocycles. The van der Waals surface area contributed by atoms with Gasteiger partial charge < -0.3 is 9.15 Å². The van der Waals surface area contributed by atoms with Gasteiger partial charge in [-0.15, -0.1) is 0 Å². The molecule has 4 bridgehead atoms. The number of methoxy groups -OCH3 is 1. The maximum atomic E-state index is 6.86. The third kappa shape index (κ3) is 4.71. The molecule has 1 heterocycles. The molecule has 4 aliphatic carbocycles. The van der Waals surface area contributed by atoms with Gasteiger partial charge in [0.15, 0.2) is 11.3 Å². The molecule has 2 saturated carbocycles. The monoisotopic (exact) mass is 706 g/mol. The fraction of sp³-hybridized carbons (Fsp3) is 0.308. The molecule has 0 amide bonds.